The second kappa shape index (κ2) is 3.05. The predicted molar refractivity (Wildman–Crippen MR) is 46.0 cm³/mol. The smallest absolute Gasteiger partial charge is 0.129 e. The van der Waals surface area contributed by atoms with Gasteiger partial charge in [0.25, 0.3) is 0 Å². The van der Waals surface area contributed by atoms with Crippen molar-refractivity contribution in [3.8, 4) is 0 Å². The van der Waals surface area contributed by atoms with Crippen molar-refractivity contribution in [2.75, 3.05) is 0 Å². The number of aromatic nitrogens is 1. The number of fused-ring (bicyclic) bond motifs is 1. The number of pyridine rings is 1. The Labute approximate surface area is 71.6 Å². The Balaban J connectivity index is 2.43. The largest absolute Gasteiger partial charge is 0.303 e. The van der Waals surface area contributed by atoms with Crippen LogP contribution in [0.5, 0.6) is 0 Å². The van der Waals surface area contributed by atoms with Crippen LogP contribution in [0.2, 0.25) is 0 Å². The average Bonchev–Trinajstić information content (AvgIpc) is 2.17. The molecule has 1 aliphatic carbocycles. The van der Waals surface area contributed by atoms with Crippen molar-refractivity contribution in [3.05, 3.63) is 29.6 Å². The Morgan fingerprint density at radius 2 is 2.50 bits per heavy atom. The predicted octanol–water partition coefficient (Wildman–Crippen LogP) is 1.70. The molecular formula is C10H11NO. The molecule has 2 heteroatoms. The van der Waals surface area contributed by atoms with Gasteiger partial charge in [0.1, 0.15) is 6.29 Å². The zero-order chi connectivity index (χ0) is 8.39. The molecule has 0 saturated heterocycles. The Kier molecular flexibility index (Phi) is 1.90. The molecule has 1 aromatic heterocycles. The van der Waals surface area contributed by atoms with Crippen LogP contribution in [0.1, 0.15) is 30.0 Å². The van der Waals surface area contributed by atoms with E-state index in [4.69, 9.17) is 0 Å². The summed E-state index contributed by atoms with van der Waals surface area (Å²) >= 11 is 0. The molecule has 0 aromatic carbocycles. The van der Waals surface area contributed by atoms with Crippen LogP contribution in [-0.2, 0) is 11.2 Å². The molecule has 1 aromatic rings. The minimum atomic E-state index is 0.0509. The molecule has 2 rings (SSSR count). The summed E-state index contributed by atoms with van der Waals surface area (Å²) in [5.41, 5.74) is 2.25. The molecule has 0 bridgehead atoms. The third-order valence-electron chi connectivity index (χ3n) is 2.40. The quantitative estimate of drug-likeness (QED) is 0.587. The maximum Gasteiger partial charge on any atom is 0.129 e. The highest BCUT2D eigenvalue weighted by Crippen LogP contribution is 2.27. The van der Waals surface area contributed by atoms with Crippen LogP contribution in [-0.4, -0.2) is 11.3 Å². The molecule has 0 amide bonds. The molecule has 0 radical (unpaired) electrons. The molecule has 2 nitrogen and oxygen atoms in total. The molecule has 0 fully saturated rings. The van der Waals surface area contributed by atoms with E-state index in [0.29, 0.717) is 0 Å². The molecule has 0 saturated carbocycles. The van der Waals surface area contributed by atoms with Crippen LogP contribution in [0.25, 0.3) is 0 Å². The second-order valence-corrected chi connectivity index (χ2v) is 3.18. The zero-order valence-corrected chi connectivity index (χ0v) is 6.86. The lowest BCUT2D eigenvalue weighted by Crippen LogP contribution is -2.12. The van der Waals surface area contributed by atoms with Gasteiger partial charge in [-0.05, 0) is 30.9 Å². The SMILES string of the molecule is O=CC1CCCc2cccnc21. The standard InChI is InChI=1S/C10H11NO/c12-7-9-4-1-3-8-5-2-6-11-10(8)9/h2,5-7,9H,1,3-4H2. The van der Waals surface area contributed by atoms with Crippen molar-refractivity contribution < 1.29 is 4.79 Å². The first-order valence-corrected chi connectivity index (χ1v) is 4.31. The Bertz CT molecular complexity index is 296. The first-order chi connectivity index (χ1) is 5.92. The molecule has 0 spiro atoms. The summed E-state index contributed by atoms with van der Waals surface area (Å²) in [7, 11) is 0. The van der Waals surface area contributed by atoms with Crippen LogP contribution in [0.3, 0.4) is 0 Å². The molecule has 1 atom stereocenters. The molecule has 0 N–H and O–H groups in total. The maximum absolute atomic E-state index is 10.7. The van der Waals surface area contributed by atoms with Crippen molar-refractivity contribution >= 4 is 6.29 Å². The van der Waals surface area contributed by atoms with E-state index in [1.54, 1.807) is 6.20 Å². The van der Waals surface area contributed by atoms with Gasteiger partial charge in [0, 0.05) is 6.20 Å². The summed E-state index contributed by atoms with van der Waals surface area (Å²) in [6.07, 6.45) is 5.94. The highest BCUT2D eigenvalue weighted by atomic mass is 16.1. The number of aldehydes is 1. The van der Waals surface area contributed by atoms with E-state index in [9.17, 15) is 4.79 Å². The second-order valence-electron chi connectivity index (χ2n) is 3.18. The van der Waals surface area contributed by atoms with Gasteiger partial charge in [-0.1, -0.05) is 6.07 Å². The molecule has 0 aliphatic heterocycles. The van der Waals surface area contributed by atoms with Crippen molar-refractivity contribution in [1.82, 2.24) is 4.98 Å². The number of nitrogens with zero attached hydrogens (tertiary/aromatic N) is 1. The lowest BCUT2D eigenvalue weighted by Gasteiger charge is -2.19. The maximum atomic E-state index is 10.7. The van der Waals surface area contributed by atoms with Crippen LogP contribution in [0.4, 0.5) is 0 Å². The number of carbonyl (C=O) groups is 1. The van der Waals surface area contributed by atoms with Crippen molar-refractivity contribution in [2.24, 2.45) is 0 Å². The van der Waals surface area contributed by atoms with Crippen LogP contribution in [0.15, 0.2) is 18.3 Å². The van der Waals surface area contributed by atoms with Crippen LogP contribution in [0, 0.1) is 0 Å². The highest BCUT2D eigenvalue weighted by molar-refractivity contribution is 5.62. The topological polar surface area (TPSA) is 30.0 Å². The van der Waals surface area contributed by atoms with E-state index in [0.717, 1.165) is 31.2 Å². The van der Waals surface area contributed by atoms with Gasteiger partial charge in [-0.2, -0.15) is 0 Å². The Morgan fingerprint density at radius 3 is 3.33 bits per heavy atom. The Morgan fingerprint density at radius 1 is 1.58 bits per heavy atom. The van der Waals surface area contributed by atoms with Crippen molar-refractivity contribution in [3.63, 3.8) is 0 Å². The van der Waals surface area contributed by atoms with E-state index < -0.39 is 0 Å². The Hall–Kier alpha value is -1.18. The van der Waals surface area contributed by atoms with Gasteiger partial charge in [-0.15, -0.1) is 0 Å². The summed E-state index contributed by atoms with van der Waals surface area (Å²) in [5, 5.41) is 0. The minimum absolute atomic E-state index is 0.0509. The van der Waals surface area contributed by atoms with Gasteiger partial charge in [0.05, 0.1) is 11.6 Å². The molecule has 1 unspecified atom stereocenters. The summed E-state index contributed by atoms with van der Waals surface area (Å²) in [6, 6.07) is 4.00. The number of rotatable bonds is 1. The summed E-state index contributed by atoms with van der Waals surface area (Å²) in [6.45, 7) is 0. The fourth-order valence-electron chi connectivity index (χ4n) is 1.78. The van der Waals surface area contributed by atoms with E-state index in [1.165, 1.54) is 5.56 Å². The van der Waals surface area contributed by atoms with E-state index in [2.05, 4.69) is 11.1 Å². The van der Waals surface area contributed by atoms with Gasteiger partial charge < -0.3 is 4.79 Å². The van der Waals surface area contributed by atoms with E-state index >= 15 is 0 Å². The van der Waals surface area contributed by atoms with Gasteiger partial charge in [0.2, 0.25) is 0 Å². The summed E-state index contributed by atoms with van der Waals surface area (Å²) in [4.78, 5) is 14.9. The number of hydrogen-bond acceptors (Lipinski definition) is 2. The molecule has 62 valence electrons. The first kappa shape index (κ1) is 7.47. The van der Waals surface area contributed by atoms with Crippen molar-refractivity contribution in [1.29, 1.82) is 0 Å². The van der Waals surface area contributed by atoms with Gasteiger partial charge in [-0.3, -0.25) is 4.98 Å². The van der Waals surface area contributed by atoms with Crippen LogP contribution < -0.4 is 0 Å². The van der Waals surface area contributed by atoms with Gasteiger partial charge in [-0.25, -0.2) is 0 Å². The van der Waals surface area contributed by atoms with E-state index in [-0.39, 0.29) is 5.92 Å². The summed E-state index contributed by atoms with van der Waals surface area (Å²) in [5.74, 6) is 0.0509. The number of aryl methyl sites for hydroxylation is 1. The molecule has 1 heterocycles. The molecular weight excluding hydrogens is 150 g/mol. The van der Waals surface area contributed by atoms with E-state index in [1.807, 2.05) is 6.07 Å². The summed E-state index contributed by atoms with van der Waals surface area (Å²) < 4.78 is 0. The van der Waals surface area contributed by atoms with Crippen LogP contribution >= 0.6 is 0 Å². The monoisotopic (exact) mass is 161 g/mol. The normalized spacial score (nSPS) is 21.5. The van der Waals surface area contributed by atoms with Gasteiger partial charge in [0.15, 0.2) is 0 Å². The third-order valence-corrected chi connectivity index (χ3v) is 2.40. The fraction of sp³-hybridized carbons (Fsp3) is 0.400. The zero-order valence-electron chi connectivity index (χ0n) is 6.86. The number of hydrogen-bond donors (Lipinski definition) is 0. The number of carbonyl (C=O) groups excluding carboxylic acids is 1. The van der Waals surface area contributed by atoms with Gasteiger partial charge >= 0.3 is 0 Å². The average molecular weight is 161 g/mol. The first-order valence-electron chi connectivity index (χ1n) is 4.31. The molecule has 1 aliphatic rings. The van der Waals surface area contributed by atoms with Crippen molar-refractivity contribution in [2.45, 2.75) is 25.2 Å². The minimum Gasteiger partial charge on any atom is -0.303 e. The third kappa shape index (κ3) is 1.13. The molecule has 12 heavy (non-hydrogen) atoms. The lowest BCUT2D eigenvalue weighted by atomic mass is 9.88. The fourth-order valence-corrected chi connectivity index (χ4v) is 1.78. The lowest BCUT2D eigenvalue weighted by molar-refractivity contribution is -0.109. The highest BCUT2D eigenvalue weighted by Gasteiger charge is 2.19.